The van der Waals surface area contributed by atoms with E-state index in [1.165, 1.54) is 7.11 Å². The predicted octanol–water partition coefficient (Wildman–Crippen LogP) is 2.65. The van der Waals surface area contributed by atoms with Gasteiger partial charge in [-0.05, 0) is 36.2 Å². The van der Waals surface area contributed by atoms with Crippen LogP contribution in [0.1, 0.15) is 29.9 Å². The highest BCUT2D eigenvalue weighted by atomic mass is 16.5. The highest BCUT2D eigenvalue weighted by Gasteiger charge is 2.52. The third-order valence-corrected chi connectivity index (χ3v) is 4.71. The molecule has 1 aliphatic rings. The van der Waals surface area contributed by atoms with Gasteiger partial charge in [-0.25, -0.2) is 4.79 Å². The summed E-state index contributed by atoms with van der Waals surface area (Å²) in [5, 5.41) is 2.83. The Kier molecular flexibility index (Phi) is 5.46. The Hall–Kier alpha value is -3.26. The quantitative estimate of drug-likeness (QED) is 0.670. The Morgan fingerprint density at radius 3 is 2.56 bits per heavy atom. The second-order valence-corrected chi connectivity index (χ2v) is 6.36. The number of benzene rings is 2. The van der Waals surface area contributed by atoms with Crippen molar-refractivity contribution in [2.45, 2.75) is 24.3 Å². The van der Waals surface area contributed by atoms with Gasteiger partial charge in [0.2, 0.25) is 5.91 Å². The summed E-state index contributed by atoms with van der Waals surface area (Å²) in [7, 11) is 2.90. The molecule has 0 unspecified atom stereocenters. The highest BCUT2D eigenvalue weighted by Crippen LogP contribution is 2.37. The van der Waals surface area contributed by atoms with Gasteiger partial charge in [0.05, 0.1) is 20.1 Å². The Labute approximate surface area is 158 Å². The smallest absolute Gasteiger partial charge is 0.333 e. The lowest BCUT2D eigenvalue weighted by Crippen LogP contribution is -2.53. The molecule has 1 amide bonds. The molecule has 3 rings (SSSR count). The van der Waals surface area contributed by atoms with Crippen molar-refractivity contribution < 1.29 is 19.1 Å². The maximum Gasteiger partial charge on any atom is 0.333 e. The number of methoxy groups -OCH3 is 2. The van der Waals surface area contributed by atoms with Crippen molar-refractivity contribution in [3.05, 3.63) is 65.7 Å². The third kappa shape index (κ3) is 3.80. The zero-order valence-corrected chi connectivity index (χ0v) is 15.3. The first-order valence-electron chi connectivity index (χ1n) is 8.69. The number of ether oxygens (including phenoxy) is 2. The molecule has 5 nitrogen and oxygen atoms in total. The zero-order valence-electron chi connectivity index (χ0n) is 15.3. The second-order valence-electron chi connectivity index (χ2n) is 6.36. The molecule has 1 heterocycles. The Balaban J connectivity index is 2.12. The normalized spacial score (nSPS) is 19.4. The van der Waals surface area contributed by atoms with E-state index in [2.05, 4.69) is 17.2 Å². The lowest BCUT2D eigenvalue weighted by molar-refractivity contribution is -0.149. The van der Waals surface area contributed by atoms with E-state index in [0.29, 0.717) is 12.2 Å². The summed E-state index contributed by atoms with van der Waals surface area (Å²) in [6.45, 7) is 0. The van der Waals surface area contributed by atoms with Gasteiger partial charge in [0.1, 0.15) is 5.75 Å². The molecule has 0 radical (unpaired) electrons. The molecule has 0 bridgehead atoms. The molecule has 1 N–H and O–H groups in total. The van der Waals surface area contributed by atoms with Crippen molar-refractivity contribution in [1.82, 2.24) is 5.32 Å². The number of hydrogen-bond acceptors (Lipinski definition) is 4. The van der Waals surface area contributed by atoms with Crippen molar-refractivity contribution in [2.75, 3.05) is 14.2 Å². The van der Waals surface area contributed by atoms with E-state index in [9.17, 15) is 9.59 Å². The summed E-state index contributed by atoms with van der Waals surface area (Å²) >= 11 is 0. The summed E-state index contributed by atoms with van der Waals surface area (Å²) in [4.78, 5) is 24.7. The molecule has 2 aromatic carbocycles. The van der Waals surface area contributed by atoms with Crippen molar-refractivity contribution >= 4 is 11.9 Å². The van der Waals surface area contributed by atoms with E-state index < -0.39 is 17.4 Å². The first-order valence-corrected chi connectivity index (χ1v) is 8.69. The van der Waals surface area contributed by atoms with Gasteiger partial charge in [-0.1, -0.05) is 42.2 Å². The van der Waals surface area contributed by atoms with E-state index >= 15 is 0 Å². The molecule has 138 valence electrons. The van der Waals surface area contributed by atoms with E-state index in [4.69, 9.17) is 9.47 Å². The monoisotopic (exact) mass is 363 g/mol. The lowest BCUT2D eigenvalue weighted by atomic mass is 9.78. The maximum atomic E-state index is 12.7. The minimum Gasteiger partial charge on any atom is -0.497 e. The van der Waals surface area contributed by atoms with Crippen LogP contribution in [0.25, 0.3) is 0 Å². The van der Waals surface area contributed by atoms with Crippen LogP contribution in [0.5, 0.6) is 5.75 Å². The van der Waals surface area contributed by atoms with Crippen molar-refractivity contribution in [2.24, 2.45) is 0 Å². The molecule has 1 saturated heterocycles. The average molecular weight is 363 g/mol. The molecule has 5 heteroatoms. The first-order chi connectivity index (χ1) is 13.1. The molecule has 0 spiro atoms. The van der Waals surface area contributed by atoms with Crippen LogP contribution in [0, 0.1) is 11.8 Å². The van der Waals surface area contributed by atoms with Gasteiger partial charge in [-0.2, -0.15) is 0 Å². The maximum absolute atomic E-state index is 12.7. The molecule has 27 heavy (non-hydrogen) atoms. The number of carbonyl (C=O) groups is 2. The van der Waals surface area contributed by atoms with Crippen molar-refractivity contribution in [3.8, 4) is 17.6 Å². The molecular weight excluding hydrogens is 342 g/mol. The van der Waals surface area contributed by atoms with Gasteiger partial charge >= 0.3 is 5.97 Å². The third-order valence-electron chi connectivity index (χ3n) is 4.71. The van der Waals surface area contributed by atoms with Crippen LogP contribution in [-0.4, -0.2) is 31.6 Å². The van der Waals surface area contributed by atoms with Crippen LogP contribution in [0.15, 0.2) is 54.6 Å². The second kappa shape index (κ2) is 7.96. The Bertz CT molecular complexity index is 897. The Morgan fingerprint density at radius 1 is 1.15 bits per heavy atom. The van der Waals surface area contributed by atoms with Gasteiger partial charge in [0.15, 0.2) is 5.54 Å². The highest BCUT2D eigenvalue weighted by molar-refractivity contribution is 5.93. The zero-order chi connectivity index (χ0) is 19.3. The molecule has 0 aliphatic carbocycles. The fourth-order valence-corrected chi connectivity index (χ4v) is 3.34. The van der Waals surface area contributed by atoms with E-state index in [-0.39, 0.29) is 12.3 Å². The van der Waals surface area contributed by atoms with Crippen molar-refractivity contribution in [3.63, 3.8) is 0 Å². The van der Waals surface area contributed by atoms with Crippen molar-refractivity contribution in [1.29, 1.82) is 0 Å². The molecule has 0 saturated carbocycles. The van der Waals surface area contributed by atoms with Gasteiger partial charge in [0.25, 0.3) is 0 Å². The minimum atomic E-state index is -1.22. The molecule has 1 aliphatic heterocycles. The van der Waals surface area contributed by atoms with Crippen LogP contribution < -0.4 is 10.1 Å². The molecule has 2 atom stereocenters. The predicted molar refractivity (Wildman–Crippen MR) is 101 cm³/mol. The summed E-state index contributed by atoms with van der Waals surface area (Å²) < 4.78 is 10.4. The van der Waals surface area contributed by atoms with E-state index in [1.807, 2.05) is 54.6 Å². The van der Waals surface area contributed by atoms with E-state index in [1.54, 1.807) is 7.11 Å². The van der Waals surface area contributed by atoms with Gasteiger partial charge in [-0.3, -0.25) is 4.79 Å². The topological polar surface area (TPSA) is 64.6 Å². The molecule has 0 aromatic heterocycles. The summed E-state index contributed by atoms with van der Waals surface area (Å²) in [5.41, 5.74) is 0.389. The molecule has 1 fully saturated rings. The fraction of sp³-hybridized carbons (Fsp3) is 0.273. The number of nitrogens with one attached hydrogen (secondary N) is 1. The summed E-state index contributed by atoms with van der Waals surface area (Å²) in [6.07, 6.45) is 0.576. The fourth-order valence-electron chi connectivity index (χ4n) is 3.34. The lowest BCUT2D eigenvalue weighted by Gasteiger charge is -2.32. The number of amides is 1. The van der Waals surface area contributed by atoms with Gasteiger partial charge in [0, 0.05) is 12.0 Å². The van der Waals surface area contributed by atoms with Crippen LogP contribution in [-0.2, 0) is 14.3 Å². The van der Waals surface area contributed by atoms with Crippen LogP contribution in [0.3, 0.4) is 0 Å². The van der Waals surface area contributed by atoms with E-state index in [0.717, 1.165) is 11.1 Å². The van der Waals surface area contributed by atoms with Gasteiger partial charge in [-0.15, -0.1) is 0 Å². The summed E-state index contributed by atoms with van der Waals surface area (Å²) in [6, 6.07) is 16.9. The minimum absolute atomic E-state index is 0.185. The number of esters is 1. The summed E-state index contributed by atoms with van der Waals surface area (Å²) in [5.74, 6) is 5.72. The first kappa shape index (κ1) is 18.5. The number of hydrogen-bond donors (Lipinski definition) is 1. The Morgan fingerprint density at radius 2 is 1.93 bits per heavy atom. The molecular formula is C22H21NO4. The van der Waals surface area contributed by atoms with Crippen LogP contribution in [0.2, 0.25) is 0 Å². The van der Waals surface area contributed by atoms with Crippen LogP contribution in [0.4, 0.5) is 0 Å². The number of rotatable bonds is 4. The van der Waals surface area contributed by atoms with Gasteiger partial charge < -0.3 is 14.8 Å². The largest absolute Gasteiger partial charge is 0.497 e. The SMILES string of the molecule is COC(=O)[C@@]1([C@@H](C#Cc2ccccc2)c2cccc(OC)c2)CCC(=O)N1. The average Bonchev–Trinajstić information content (AvgIpc) is 3.11. The standard InChI is InChI=1S/C22H21NO4/c1-26-18-10-6-9-17(15-18)19(12-11-16-7-4-3-5-8-16)22(21(25)27-2)14-13-20(24)23-22/h3-10,15,19H,13-14H2,1-2H3,(H,23,24)/t19-,22-/m0/s1. The van der Waals surface area contributed by atoms with Crippen LogP contribution >= 0.6 is 0 Å². The molecule has 2 aromatic rings. The number of carbonyl (C=O) groups excluding carboxylic acids is 2.